The molecule has 4 heterocycles. The monoisotopic (exact) mass is 748 g/mol. The molecule has 7 rings (SSSR count). The van der Waals surface area contributed by atoms with Crippen LogP contribution in [0.5, 0.6) is 5.75 Å². The average Bonchev–Trinajstić information content (AvgIpc) is 3.34. The van der Waals surface area contributed by atoms with E-state index < -0.39 is 36.8 Å². The molecule has 3 saturated heterocycles. The minimum absolute atomic E-state index is 0.00528. The van der Waals surface area contributed by atoms with Gasteiger partial charge in [-0.1, -0.05) is 41.4 Å². The molecule has 0 aromatic heterocycles. The molecular weight excluding hydrogens is 712 g/mol. The topological polar surface area (TPSA) is 95.0 Å². The first kappa shape index (κ1) is 35.6. The van der Waals surface area contributed by atoms with Gasteiger partial charge in [0.05, 0.1) is 65.2 Å². The molecule has 4 aliphatic heterocycles. The molecule has 3 fully saturated rings. The number of amides is 1. The number of rotatable bonds is 9. The molecule has 3 aromatic rings. The Labute approximate surface area is 303 Å². The maximum Gasteiger partial charge on any atom is 0.337 e. The van der Waals surface area contributed by atoms with Gasteiger partial charge in [0.1, 0.15) is 18.2 Å². The van der Waals surface area contributed by atoms with Crippen molar-refractivity contribution in [2.24, 2.45) is 0 Å². The van der Waals surface area contributed by atoms with Crippen LogP contribution in [0.25, 0.3) is 11.1 Å². The molecule has 0 aliphatic carbocycles. The molecule has 2 unspecified atom stereocenters. The Kier molecular flexibility index (Phi) is 10.0. The normalized spacial score (nSPS) is 20.7. The fourth-order valence-electron chi connectivity index (χ4n) is 7.64. The first-order chi connectivity index (χ1) is 24.4. The van der Waals surface area contributed by atoms with Gasteiger partial charge < -0.3 is 34.0 Å². The summed E-state index contributed by atoms with van der Waals surface area (Å²) in [5, 5.41) is 10.3. The number of nitrogens with zero attached hydrogens (tertiary/aromatic N) is 4. The van der Waals surface area contributed by atoms with Crippen LogP contribution in [0.2, 0.25) is 10.0 Å². The maximum absolute atomic E-state index is 15.7. The summed E-state index contributed by atoms with van der Waals surface area (Å²) in [6.07, 6.45) is 1.72. The van der Waals surface area contributed by atoms with E-state index in [1.54, 1.807) is 41.3 Å². The predicted octanol–water partition coefficient (Wildman–Crippen LogP) is 6.26. The Bertz CT molecular complexity index is 1800. The van der Waals surface area contributed by atoms with Crippen LogP contribution in [-0.2, 0) is 16.0 Å². The van der Waals surface area contributed by atoms with Crippen molar-refractivity contribution in [1.82, 2.24) is 9.80 Å². The molecule has 0 spiro atoms. The summed E-state index contributed by atoms with van der Waals surface area (Å²) in [6.45, 7) is 1.63. The zero-order valence-electron chi connectivity index (χ0n) is 27.8. The van der Waals surface area contributed by atoms with E-state index in [9.17, 15) is 23.5 Å². The Balaban J connectivity index is 1.09. The predicted molar refractivity (Wildman–Crippen MR) is 186 cm³/mol. The summed E-state index contributed by atoms with van der Waals surface area (Å²) in [5.74, 6) is -4.92. The molecule has 4 aliphatic rings. The quantitative estimate of drug-likeness (QED) is 0.272. The lowest BCUT2D eigenvalue weighted by molar-refractivity contribution is -0.0846. The lowest BCUT2D eigenvalue weighted by Crippen LogP contribution is -2.50. The molecule has 272 valence electrons. The van der Waals surface area contributed by atoms with Crippen molar-refractivity contribution in [3.63, 3.8) is 0 Å². The number of hydrogen-bond acceptors (Lipinski definition) is 8. The van der Waals surface area contributed by atoms with Crippen molar-refractivity contribution in [3.05, 3.63) is 75.0 Å². The Morgan fingerprint density at radius 2 is 1.69 bits per heavy atom. The van der Waals surface area contributed by atoms with Gasteiger partial charge in [0.2, 0.25) is 0 Å². The number of alkyl halides is 2. The van der Waals surface area contributed by atoms with Crippen LogP contribution in [0.4, 0.5) is 24.5 Å². The van der Waals surface area contributed by atoms with Gasteiger partial charge in [-0.2, -0.15) is 0 Å². The van der Waals surface area contributed by atoms with Crippen LogP contribution in [-0.4, -0.2) is 111 Å². The number of benzene rings is 3. The van der Waals surface area contributed by atoms with Crippen LogP contribution in [0, 0.1) is 5.82 Å². The summed E-state index contributed by atoms with van der Waals surface area (Å²) >= 11 is 13.3. The average molecular weight is 750 g/mol. The largest absolute Gasteiger partial charge is 0.478 e. The van der Waals surface area contributed by atoms with E-state index in [1.807, 2.05) is 4.90 Å². The van der Waals surface area contributed by atoms with Gasteiger partial charge in [0, 0.05) is 55.7 Å². The number of carbonyl (C=O) groups is 2. The van der Waals surface area contributed by atoms with Crippen molar-refractivity contribution in [3.8, 4) is 16.9 Å². The molecule has 2 atom stereocenters. The fraction of sp³-hybridized carbons (Fsp3) is 0.444. The lowest BCUT2D eigenvalue weighted by atomic mass is 9.96. The van der Waals surface area contributed by atoms with Crippen LogP contribution < -0.4 is 14.5 Å². The number of carbonyl (C=O) groups excluding carboxylic acids is 1. The van der Waals surface area contributed by atoms with Crippen molar-refractivity contribution >= 4 is 46.5 Å². The highest BCUT2D eigenvalue weighted by Crippen LogP contribution is 2.43. The van der Waals surface area contributed by atoms with Gasteiger partial charge in [0.15, 0.2) is 6.73 Å². The number of carboxylic acid groups (broad SMARTS) is 1. The van der Waals surface area contributed by atoms with Crippen molar-refractivity contribution in [2.45, 2.75) is 37.4 Å². The van der Waals surface area contributed by atoms with Crippen LogP contribution >= 0.6 is 23.2 Å². The summed E-state index contributed by atoms with van der Waals surface area (Å²) in [6, 6.07) is 11.2. The molecule has 1 amide bonds. The molecular formula is C36H37Cl2F3N4O6. The highest BCUT2D eigenvalue weighted by Gasteiger charge is 2.40. The smallest absolute Gasteiger partial charge is 0.337 e. The van der Waals surface area contributed by atoms with Gasteiger partial charge in [-0.15, -0.1) is 0 Å². The van der Waals surface area contributed by atoms with Gasteiger partial charge in [-0.25, -0.2) is 18.0 Å². The Morgan fingerprint density at radius 3 is 2.33 bits per heavy atom. The van der Waals surface area contributed by atoms with Crippen molar-refractivity contribution in [2.75, 3.05) is 76.2 Å². The van der Waals surface area contributed by atoms with E-state index in [1.165, 1.54) is 12.0 Å². The molecule has 1 N–H and O–H groups in total. The fourth-order valence-corrected chi connectivity index (χ4v) is 8.28. The number of fused-ring (bicyclic) bond motifs is 3. The van der Waals surface area contributed by atoms with Gasteiger partial charge >= 0.3 is 5.97 Å². The molecule has 10 nitrogen and oxygen atoms in total. The van der Waals surface area contributed by atoms with Crippen molar-refractivity contribution in [1.29, 1.82) is 0 Å². The van der Waals surface area contributed by atoms with Gasteiger partial charge in [-0.05, 0) is 37.1 Å². The Morgan fingerprint density at radius 1 is 1.00 bits per heavy atom. The van der Waals surface area contributed by atoms with Crippen LogP contribution in [0.15, 0.2) is 42.5 Å². The van der Waals surface area contributed by atoms with E-state index in [0.717, 1.165) is 18.9 Å². The second-order valence-electron chi connectivity index (χ2n) is 13.4. The number of aromatic carboxylic acids is 1. The summed E-state index contributed by atoms with van der Waals surface area (Å²) < 4.78 is 60.3. The summed E-state index contributed by atoms with van der Waals surface area (Å²) in [4.78, 5) is 33.2. The number of hydrogen-bond donors (Lipinski definition) is 1. The third-order valence-corrected chi connectivity index (χ3v) is 10.6. The Hall–Kier alpha value is -3.75. The molecule has 15 heteroatoms. The number of piperazine rings is 1. The lowest BCUT2D eigenvalue weighted by Gasteiger charge is -2.37. The second-order valence-corrected chi connectivity index (χ2v) is 14.2. The summed E-state index contributed by atoms with van der Waals surface area (Å²) in [7, 11) is 1.25. The first-order valence-corrected chi connectivity index (χ1v) is 17.5. The highest BCUT2D eigenvalue weighted by atomic mass is 35.5. The minimum atomic E-state index is -2.94. The number of anilines is 2. The van der Waals surface area contributed by atoms with E-state index >= 15 is 4.39 Å². The van der Waals surface area contributed by atoms with E-state index in [0.29, 0.717) is 67.6 Å². The standard InChI is InChI=1S/C36H37Cl2F3N4O6/c1-49-19-36(40,41)18-42-7-9-43(10-8-42)24-11-28(37)32(29(38)12-24)34(46)44-15-21-3-2-4-25(33(21)51-20-44)26-14-31(27(35(47)48)13-30(26)39)45-22-5-6-23(45)17-50-16-22/h2-4,11-14,22-23H,5-10,15-20H2,1H3,(H,47,48). The van der Waals surface area contributed by atoms with Crippen molar-refractivity contribution < 1.29 is 42.1 Å². The highest BCUT2D eigenvalue weighted by molar-refractivity contribution is 6.40. The summed E-state index contributed by atoms with van der Waals surface area (Å²) in [5.41, 5.74) is 2.38. The van der Waals surface area contributed by atoms with E-state index in [4.69, 9.17) is 32.7 Å². The van der Waals surface area contributed by atoms with Crippen LogP contribution in [0.3, 0.4) is 0 Å². The van der Waals surface area contributed by atoms with Gasteiger partial charge in [0.25, 0.3) is 11.8 Å². The number of methoxy groups -OCH3 is 1. The molecule has 0 radical (unpaired) electrons. The second kappa shape index (κ2) is 14.3. The zero-order chi connectivity index (χ0) is 36.0. The number of para-hydroxylation sites is 1. The third kappa shape index (κ3) is 7.06. The maximum atomic E-state index is 15.7. The number of ether oxygens (including phenoxy) is 3. The zero-order valence-corrected chi connectivity index (χ0v) is 29.4. The minimum Gasteiger partial charge on any atom is -0.478 e. The van der Waals surface area contributed by atoms with E-state index in [2.05, 4.69) is 9.64 Å². The van der Waals surface area contributed by atoms with Gasteiger partial charge in [-0.3, -0.25) is 9.69 Å². The molecule has 3 aromatic carbocycles. The van der Waals surface area contributed by atoms with Crippen LogP contribution in [0.1, 0.15) is 39.1 Å². The van der Waals surface area contributed by atoms with E-state index in [-0.39, 0.29) is 52.1 Å². The molecule has 51 heavy (non-hydrogen) atoms. The SMILES string of the molecule is COCC(F)(F)CN1CCN(c2cc(Cl)c(C(=O)N3COc4c(cccc4-c4cc(N5C6CCC5COC6)c(C(=O)O)cc4F)C3)c(Cl)c2)CC1. The molecule has 2 bridgehead atoms. The number of morpholine rings is 1. The molecule has 0 saturated carbocycles. The first-order valence-electron chi connectivity index (χ1n) is 16.7. The number of carboxylic acids is 1. The number of halogens is 5. The third-order valence-electron chi connectivity index (χ3n) is 10.0.